The van der Waals surface area contributed by atoms with Crippen LogP contribution in [0.15, 0.2) is 34.9 Å². The molecule has 0 unspecified atom stereocenters. The van der Waals surface area contributed by atoms with Crippen molar-refractivity contribution < 1.29 is 27.8 Å². The number of rotatable bonds is 6. The number of carbonyl (C=O) groups is 1. The molecule has 0 radical (unpaired) electrons. The summed E-state index contributed by atoms with van der Waals surface area (Å²) in [5.74, 6) is -0.286. The average Bonchev–Trinajstić information content (AvgIpc) is 2.84. The van der Waals surface area contributed by atoms with Crippen LogP contribution < -0.4 is 4.74 Å². The minimum Gasteiger partial charge on any atom is -0.481 e. The van der Waals surface area contributed by atoms with Gasteiger partial charge in [0.15, 0.2) is 11.7 Å². The number of carboxylic acids is 1. The molecule has 0 bridgehead atoms. The van der Waals surface area contributed by atoms with E-state index in [-0.39, 0.29) is 24.5 Å². The highest BCUT2D eigenvalue weighted by molar-refractivity contribution is 5.67. The van der Waals surface area contributed by atoms with Crippen LogP contribution in [-0.4, -0.2) is 22.7 Å². The van der Waals surface area contributed by atoms with E-state index in [1.54, 1.807) is 12.1 Å². The van der Waals surface area contributed by atoms with Crippen LogP contribution in [0.4, 0.5) is 8.78 Å². The summed E-state index contributed by atoms with van der Waals surface area (Å²) in [4.78, 5) is 14.4. The monoisotopic (exact) mass is 283 g/mol. The lowest BCUT2D eigenvalue weighted by Gasteiger charge is -2.04. The fraction of sp³-hybridized carbons (Fsp3) is 0.231. The van der Waals surface area contributed by atoms with E-state index in [1.165, 1.54) is 18.3 Å². The number of ether oxygens (including phenoxy) is 1. The molecule has 7 heteroatoms. The number of hydrogen-bond acceptors (Lipinski definition) is 4. The van der Waals surface area contributed by atoms with E-state index in [0.717, 1.165) is 0 Å². The van der Waals surface area contributed by atoms with Gasteiger partial charge in [0.05, 0.1) is 12.6 Å². The molecule has 1 N–H and O–H groups in total. The molecule has 2 aromatic rings. The molecule has 0 aliphatic carbocycles. The molecule has 2 rings (SSSR count). The zero-order chi connectivity index (χ0) is 14.5. The lowest BCUT2D eigenvalue weighted by Crippen LogP contribution is -2.01. The quantitative estimate of drug-likeness (QED) is 0.882. The van der Waals surface area contributed by atoms with Gasteiger partial charge >= 0.3 is 12.6 Å². The van der Waals surface area contributed by atoms with Crippen molar-refractivity contribution in [1.29, 1.82) is 0 Å². The van der Waals surface area contributed by atoms with E-state index in [2.05, 4.69) is 9.72 Å². The van der Waals surface area contributed by atoms with E-state index in [1.807, 2.05) is 0 Å². The first-order valence-electron chi connectivity index (χ1n) is 5.76. The van der Waals surface area contributed by atoms with E-state index < -0.39 is 12.6 Å². The molecule has 1 heterocycles. The number of benzene rings is 1. The van der Waals surface area contributed by atoms with Crippen LogP contribution >= 0.6 is 0 Å². The second-order valence-electron chi connectivity index (χ2n) is 3.92. The lowest BCUT2D eigenvalue weighted by atomic mass is 10.2. The number of carboxylic acid groups (broad SMARTS) is 1. The van der Waals surface area contributed by atoms with Gasteiger partial charge in [0.1, 0.15) is 5.75 Å². The second-order valence-corrected chi connectivity index (χ2v) is 3.92. The van der Waals surface area contributed by atoms with Gasteiger partial charge in [-0.3, -0.25) is 4.79 Å². The third kappa shape index (κ3) is 3.78. The Morgan fingerprint density at radius 3 is 2.95 bits per heavy atom. The van der Waals surface area contributed by atoms with Gasteiger partial charge in [-0.05, 0) is 12.1 Å². The third-order valence-corrected chi connectivity index (χ3v) is 2.45. The van der Waals surface area contributed by atoms with E-state index in [0.29, 0.717) is 11.3 Å². The van der Waals surface area contributed by atoms with Crippen LogP contribution in [0.3, 0.4) is 0 Å². The van der Waals surface area contributed by atoms with Crippen LogP contribution in [-0.2, 0) is 11.2 Å². The van der Waals surface area contributed by atoms with Gasteiger partial charge in [-0.15, -0.1) is 0 Å². The Morgan fingerprint density at radius 1 is 1.45 bits per heavy atom. The van der Waals surface area contributed by atoms with Crippen molar-refractivity contribution in [3.8, 4) is 17.1 Å². The smallest absolute Gasteiger partial charge is 0.387 e. The number of nitrogens with zero attached hydrogens (tertiary/aromatic N) is 1. The van der Waals surface area contributed by atoms with Crippen molar-refractivity contribution in [3.63, 3.8) is 0 Å². The minimum atomic E-state index is -2.90. The van der Waals surface area contributed by atoms with Crippen LogP contribution in [0.5, 0.6) is 5.75 Å². The largest absolute Gasteiger partial charge is 0.481 e. The maximum absolute atomic E-state index is 12.1. The van der Waals surface area contributed by atoms with Gasteiger partial charge in [-0.1, -0.05) is 12.1 Å². The standard InChI is InChI=1S/C13H11F2NO4/c14-13(15)19-9-3-1-2-8(6-9)10-7-16-11(20-10)4-5-12(17)18/h1-3,6-7,13H,4-5H2,(H,17,18). The van der Waals surface area contributed by atoms with Crippen molar-refractivity contribution in [2.75, 3.05) is 0 Å². The zero-order valence-electron chi connectivity index (χ0n) is 10.3. The Hall–Kier alpha value is -2.44. The second kappa shape index (κ2) is 6.14. The van der Waals surface area contributed by atoms with E-state index in [4.69, 9.17) is 9.52 Å². The summed E-state index contributed by atoms with van der Waals surface area (Å²) < 4.78 is 33.9. The number of hydrogen-bond donors (Lipinski definition) is 1. The molecule has 0 atom stereocenters. The Kier molecular flexibility index (Phi) is 4.29. The molecule has 1 aromatic heterocycles. The SMILES string of the molecule is O=C(O)CCc1ncc(-c2cccc(OC(F)F)c2)o1. The fourth-order valence-electron chi connectivity index (χ4n) is 1.60. The summed E-state index contributed by atoms with van der Waals surface area (Å²) in [5, 5.41) is 8.56. The predicted octanol–water partition coefficient (Wildman–Crippen LogP) is 2.96. The molecule has 0 aliphatic heterocycles. The topological polar surface area (TPSA) is 72.6 Å². The number of alkyl halides is 2. The molecule has 0 aliphatic rings. The molecular formula is C13H11F2NO4. The maximum atomic E-state index is 12.1. The summed E-state index contributed by atoms with van der Waals surface area (Å²) in [7, 11) is 0. The number of aromatic nitrogens is 1. The normalized spacial score (nSPS) is 10.8. The molecule has 106 valence electrons. The predicted molar refractivity (Wildman–Crippen MR) is 64.5 cm³/mol. The average molecular weight is 283 g/mol. The van der Waals surface area contributed by atoms with Crippen molar-refractivity contribution in [3.05, 3.63) is 36.4 Å². The summed E-state index contributed by atoms with van der Waals surface area (Å²) in [6.07, 6.45) is 1.50. The van der Waals surface area contributed by atoms with Crippen LogP contribution in [0.25, 0.3) is 11.3 Å². The molecule has 0 saturated carbocycles. The molecule has 1 aromatic carbocycles. The Bertz CT molecular complexity index is 598. The summed E-state index contributed by atoms with van der Waals surface area (Å²) in [5.41, 5.74) is 0.525. The number of oxazole rings is 1. The molecule has 5 nitrogen and oxygen atoms in total. The van der Waals surface area contributed by atoms with Gasteiger partial charge in [-0.2, -0.15) is 8.78 Å². The zero-order valence-corrected chi connectivity index (χ0v) is 10.3. The van der Waals surface area contributed by atoms with Gasteiger partial charge in [0, 0.05) is 12.0 Å². The van der Waals surface area contributed by atoms with Gasteiger partial charge < -0.3 is 14.3 Å². The Morgan fingerprint density at radius 2 is 2.25 bits per heavy atom. The summed E-state index contributed by atoms with van der Waals surface area (Å²) in [6, 6.07) is 6.00. The molecule has 0 spiro atoms. The van der Waals surface area contributed by atoms with E-state index in [9.17, 15) is 13.6 Å². The van der Waals surface area contributed by atoms with Crippen molar-refractivity contribution >= 4 is 5.97 Å². The molecule has 0 amide bonds. The van der Waals surface area contributed by atoms with Crippen LogP contribution in [0, 0.1) is 0 Å². The number of aryl methyl sites for hydroxylation is 1. The summed E-state index contributed by atoms with van der Waals surface area (Å²) in [6.45, 7) is -2.90. The van der Waals surface area contributed by atoms with E-state index >= 15 is 0 Å². The van der Waals surface area contributed by atoms with Gasteiger partial charge in [0.2, 0.25) is 0 Å². The fourth-order valence-corrected chi connectivity index (χ4v) is 1.60. The highest BCUT2D eigenvalue weighted by Gasteiger charge is 2.10. The first-order valence-corrected chi connectivity index (χ1v) is 5.76. The van der Waals surface area contributed by atoms with Crippen molar-refractivity contribution in [2.45, 2.75) is 19.5 Å². The molecule has 0 saturated heterocycles. The minimum absolute atomic E-state index is 0.0148. The first-order chi connectivity index (χ1) is 9.54. The highest BCUT2D eigenvalue weighted by atomic mass is 19.3. The third-order valence-electron chi connectivity index (χ3n) is 2.45. The molecular weight excluding hydrogens is 272 g/mol. The Balaban J connectivity index is 2.13. The number of halogens is 2. The van der Waals surface area contributed by atoms with Gasteiger partial charge in [0.25, 0.3) is 0 Å². The maximum Gasteiger partial charge on any atom is 0.387 e. The summed E-state index contributed by atoms with van der Waals surface area (Å²) >= 11 is 0. The van der Waals surface area contributed by atoms with Crippen LogP contribution in [0.1, 0.15) is 12.3 Å². The highest BCUT2D eigenvalue weighted by Crippen LogP contribution is 2.25. The van der Waals surface area contributed by atoms with Crippen molar-refractivity contribution in [1.82, 2.24) is 4.98 Å². The Labute approximate surface area is 112 Å². The van der Waals surface area contributed by atoms with Crippen molar-refractivity contribution in [2.24, 2.45) is 0 Å². The molecule has 20 heavy (non-hydrogen) atoms. The first kappa shape index (κ1) is 14.0. The van der Waals surface area contributed by atoms with Crippen LogP contribution in [0.2, 0.25) is 0 Å². The van der Waals surface area contributed by atoms with Gasteiger partial charge in [-0.25, -0.2) is 4.98 Å². The molecule has 0 fully saturated rings. The lowest BCUT2D eigenvalue weighted by molar-refractivity contribution is -0.137. The number of aliphatic carboxylic acids is 1.